The molecule has 0 radical (unpaired) electrons. The van der Waals surface area contributed by atoms with Gasteiger partial charge >= 0.3 is 21.7 Å². The molecule has 7 rings (SSSR count). The zero-order chi connectivity index (χ0) is 34.3. The Hall–Kier alpha value is -2.53. The molecule has 0 saturated carbocycles. The Bertz CT molecular complexity index is 2040. The Labute approximate surface area is 363 Å². The van der Waals surface area contributed by atoms with E-state index in [0.29, 0.717) is 15.1 Å². The summed E-state index contributed by atoms with van der Waals surface area (Å²) in [4.78, 5) is 0. The van der Waals surface area contributed by atoms with Gasteiger partial charge in [0, 0.05) is 15.1 Å². The smallest absolute Gasteiger partial charge is 1.00 e. The van der Waals surface area contributed by atoms with Crippen LogP contribution in [0, 0.1) is 6.08 Å². The van der Waals surface area contributed by atoms with Crippen molar-refractivity contribution in [2.24, 2.45) is 0 Å². The largest absolute Gasteiger partial charge is 4.00 e. The van der Waals surface area contributed by atoms with E-state index in [9.17, 15) is 0 Å². The van der Waals surface area contributed by atoms with Gasteiger partial charge in [0.1, 0.15) is 8.07 Å². The Kier molecular flexibility index (Phi) is 15.6. The maximum absolute atomic E-state index is 7.18. The molecule has 1 aliphatic carbocycles. The van der Waals surface area contributed by atoms with E-state index in [2.05, 4.69) is 161 Å². The third kappa shape index (κ3) is 8.36. The predicted molar refractivity (Wildman–Crippen MR) is 214 cm³/mol. The summed E-state index contributed by atoms with van der Waals surface area (Å²) < 4.78 is 0. The van der Waals surface area contributed by atoms with E-state index in [1.54, 1.807) is 0 Å². The first-order chi connectivity index (χ1) is 23.6. The molecule has 1 atom stereocenters. The van der Waals surface area contributed by atoms with Crippen molar-refractivity contribution in [2.45, 2.75) is 32.7 Å². The Balaban J connectivity index is 0.00000189. The van der Waals surface area contributed by atoms with Gasteiger partial charge in [0.25, 0.3) is 0 Å². The maximum atomic E-state index is 7.18. The molecule has 0 bridgehead atoms. The maximum Gasteiger partial charge on any atom is 4.00 e. The molecule has 0 N–H and O–H groups in total. The second-order valence-electron chi connectivity index (χ2n) is 13.2. The van der Waals surface area contributed by atoms with Crippen LogP contribution in [0.25, 0.3) is 33.4 Å². The number of rotatable bonds is 7. The fourth-order valence-corrected chi connectivity index (χ4v) is 14.8. The van der Waals surface area contributed by atoms with E-state index in [0.717, 1.165) is 39.0 Å². The Morgan fingerprint density at radius 2 is 0.755 bits per heavy atom. The van der Waals surface area contributed by atoms with E-state index in [4.69, 9.17) is 34.8 Å². The van der Waals surface area contributed by atoms with Crippen LogP contribution in [-0.4, -0.2) is 8.07 Å². The van der Waals surface area contributed by atoms with Crippen LogP contribution in [0.3, 0.4) is 0 Å². The van der Waals surface area contributed by atoms with Crippen molar-refractivity contribution in [3.63, 3.8) is 0 Å². The summed E-state index contributed by atoms with van der Waals surface area (Å²) in [5.74, 6) is 0. The van der Waals surface area contributed by atoms with Gasteiger partial charge in [-0.15, -0.1) is 6.92 Å². The third-order valence-electron chi connectivity index (χ3n) is 10.4. The van der Waals surface area contributed by atoms with E-state index in [1.807, 2.05) is 18.2 Å². The van der Waals surface area contributed by atoms with Crippen molar-refractivity contribution in [1.82, 2.24) is 0 Å². The summed E-state index contributed by atoms with van der Waals surface area (Å²) in [7, 11) is -3.29. The molecule has 0 fully saturated rings. The summed E-state index contributed by atoms with van der Waals surface area (Å²) >= 11 is 21.5. The molecule has 6 aromatic rings. The molecule has 8 heteroatoms. The van der Waals surface area contributed by atoms with Crippen LogP contribution in [0.4, 0.5) is 0 Å². The topological polar surface area (TPSA) is 0 Å². The number of halogens is 6. The van der Waals surface area contributed by atoms with Gasteiger partial charge in [0.15, 0.2) is 0 Å². The van der Waals surface area contributed by atoms with Crippen LogP contribution in [0.1, 0.15) is 27.7 Å². The predicted octanol–water partition coefficient (Wildman–Crippen LogP) is 2.99. The van der Waals surface area contributed by atoms with Gasteiger partial charge in [0.05, 0.1) is 0 Å². The molecule has 0 aliphatic heterocycles. The minimum absolute atomic E-state index is 0. The number of benzene rings is 6. The minimum atomic E-state index is -3.29. The molecule has 0 amide bonds. The average Bonchev–Trinajstić information content (AvgIpc) is 3.31. The standard InChI is InChI=1S/C45H36Cl3Si.3ClH.Ti/c1-30-29-45(4,32(3)31(30)2)49(42-23-36(20-39(46)26-42)33-14-8-5-9-15-33,43-24-37(21-40(47)27-43)34-16-10-6-11-17-34)44-25-38(22-41(48)28-44)35-18-12-7-13-19-35;;;;/h5-28H,1-4H3;3*1H;/q-1;;;;+4/p-3. The van der Waals surface area contributed by atoms with Crippen LogP contribution in [-0.2, 0) is 21.7 Å². The Morgan fingerprint density at radius 1 is 0.453 bits per heavy atom. The fourth-order valence-electron chi connectivity index (χ4n) is 7.77. The molecule has 0 heterocycles. The number of hydrogen-bond acceptors (Lipinski definition) is 0. The summed E-state index contributed by atoms with van der Waals surface area (Å²) in [5, 5.41) is 5.02. The van der Waals surface area contributed by atoms with Crippen molar-refractivity contribution < 1.29 is 58.9 Å². The van der Waals surface area contributed by atoms with Gasteiger partial charge in [-0.05, 0) is 85.3 Å². The minimum Gasteiger partial charge on any atom is -1.00 e. The molecule has 6 aromatic carbocycles. The molecular weight excluding hydrogens is 829 g/mol. The summed E-state index contributed by atoms with van der Waals surface area (Å²) in [6.45, 7) is 9.03. The molecule has 0 nitrogen and oxygen atoms in total. The summed E-state index contributed by atoms with van der Waals surface area (Å²) in [6, 6.07) is 51.2. The Morgan fingerprint density at radius 3 is 1.02 bits per heavy atom. The fraction of sp³-hybridized carbons (Fsp3) is 0.111. The number of hydrogen-bond donors (Lipinski definition) is 0. The van der Waals surface area contributed by atoms with Crippen LogP contribution in [0.5, 0.6) is 0 Å². The van der Waals surface area contributed by atoms with E-state index in [1.165, 1.54) is 26.7 Å². The van der Waals surface area contributed by atoms with Gasteiger partial charge in [-0.3, -0.25) is 6.08 Å². The third-order valence-corrected chi connectivity index (χ3v) is 16.5. The van der Waals surface area contributed by atoms with Gasteiger partial charge < -0.3 is 37.2 Å². The molecular formula is C45H36Cl6SiTi. The van der Waals surface area contributed by atoms with Crippen LogP contribution in [0.15, 0.2) is 162 Å². The molecule has 53 heavy (non-hydrogen) atoms. The van der Waals surface area contributed by atoms with Crippen molar-refractivity contribution in [3.8, 4) is 33.4 Å². The van der Waals surface area contributed by atoms with Gasteiger partial charge in [-0.2, -0.15) is 11.1 Å². The van der Waals surface area contributed by atoms with Crippen molar-refractivity contribution >= 4 is 58.4 Å². The van der Waals surface area contributed by atoms with Gasteiger partial charge in [-0.25, -0.2) is 5.57 Å². The van der Waals surface area contributed by atoms with Crippen LogP contribution < -0.4 is 52.8 Å². The SMILES string of the molecule is CC1=[C-]C(C)([Si](c2cc(Cl)cc(-c3ccccc3)c2)(c2cc(Cl)cc(-c3ccccc3)c2)c2cc(Cl)cc(-c3ccccc3)c2)C(C)=C1C.[Cl-].[Cl-].[Cl-].[Ti+4]. The molecule has 0 spiro atoms. The second kappa shape index (κ2) is 18.4. The summed E-state index contributed by atoms with van der Waals surface area (Å²) in [5.41, 5.74) is 10.2. The van der Waals surface area contributed by atoms with Gasteiger partial charge in [0.2, 0.25) is 0 Å². The van der Waals surface area contributed by atoms with Crippen LogP contribution in [0.2, 0.25) is 20.1 Å². The first-order valence-corrected chi connectivity index (χ1v) is 19.6. The van der Waals surface area contributed by atoms with Crippen molar-refractivity contribution in [2.75, 3.05) is 0 Å². The molecule has 0 aromatic heterocycles. The monoisotopic (exact) mass is 862 g/mol. The molecule has 0 saturated heterocycles. The quantitative estimate of drug-likeness (QED) is 0.132. The van der Waals surface area contributed by atoms with E-state index < -0.39 is 13.1 Å². The molecule has 1 unspecified atom stereocenters. The zero-order valence-corrected chi connectivity index (χ0v) is 36.7. The second-order valence-corrected chi connectivity index (χ2v) is 18.7. The normalized spacial score (nSPS) is 15.0. The van der Waals surface area contributed by atoms with Crippen molar-refractivity contribution in [3.05, 3.63) is 183 Å². The summed E-state index contributed by atoms with van der Waals surface area (Å²) in [6.07, 6.45) is 4.08. The van der Waals surface area contributed by atoms with Crippen molar-refractivity contribution in [1.29, 1.82) is 0 Å². The molecule has 266 valence electrons. The molecule has 1 aliphatic rings. The van der Waals surface area contributed by atoms with Gasteiger partial charge in [-0.1, -0.05) is 170 Å². The van der Waals surface area contributed by atoms with E-state index >= 15 is 0 Å². The van der Waals surface area contributed by atoms with E-state index in [-0.39, 0.29) is 58.9 Å². The first kappa shape index (κ1) is 44.9. The number of allylic oxidation sites excluding steroid dienone is 4. The first-order valence-electron chi connectivity index (χ1n) is 16.5. The van der Waals surface area contributed by atoms with Crippen LogP contribution >= 0.6 is 34.8 Å². The zero-order valence-electron chi connectivity index (χ0n) is 29.6. The average molecular weight is 865 g/mol.